The van der Waals surface area contributed by atoms with Gasteiger partial charge in [-0.2, -0.15) is 0 Å². The molecule has 3 N–H and O–H groups in total. The third-order valence-electron chi connectivity index (χ3n) is 3.19. The number of aliphatic hydroxyl groups is 1. The summed E-state index contributed by atoms with van der Waals surface area (Å²) in [6, 6.07) is 2.99. The van der Waals surface area contributed by atoms with Gasteiger partial charge in [-0.3, -0.25) is 10.1 Å². The Morgan fingerprint density at radius 3 is 2.67 bits per heavy atom. The highest BCUT2D eigenvalue weighted by Gasteiger charge is 2.21. The number of pyridine rings is 1. The van der Waals surface area contributed by atoms with Gasteiger partial charge < -0.3 is 15.7 Å². The van der Waals surface area contributed by atoms with Gasteiger partial charge >= 0.3 is 5.69 Å². The normalized spacial score (nSPS) is 12.2. The molecule has 0 radical (unpaired) electrons. The molecule has 1 unspecified atom stereocenters. The molecular formula is C14H24N4O3. The zero-order chi connectivity index (χ0) is 15.8. The molecule has 0 aromatic carbocycles. The van der Waals surface area contributed by atoms with Crippen molar-refractivity contribution in [1.29, 1.82) is 0 Å². The summed E-state index contributed by atoms with van der Waals surface area (Å²) in [5, 5.41) is 26.4. The summed E-state index contributed by atoms with van der Waals surface area (Å²) in [6.45, 7) is 6.82. The van der Waals surface area contributed by atoms with Crippen LogP contribution in [0.4, 0.5) is 17.3 Å². The summed E-state index contributed by atoms with van der Waals surface area (Å²) in [4.78, 5) is 15.0. The molecule has 21 heavy (non-hydrogen) atoms. The Morgan fingerprint density at radius 1 is 1.43 bits per heavy atom. The van der Waals surface area contributed by atoms with Crippen LogP contribution in [-0.4, -0.2) is 34.2 Å². The van der Waals surface area contributed by atoms with Crippen LogP contribution in [0.5, 0.6) is 0 Å². The minimum Gasteiger partial charge on any atom is -0.396 e. The van der Waals surface area contributed by atoms with Crippen molar-refractivity contribution < 1.29 is 10.0 Å². The maximum atomic E-state index is 11.1. The third kappa shape index (κ3) is 5.18. The van der Waals surface area contributed by atoms with Gasteiger partial charge in [-0.25, -0.2) is 4.98 Å². The van der Waals surface area contributed by atoms with E-state index < -0.39 is 4.92 Å². The quantitative estimate of drug-likeness (QED) is 0.478. The lowest BCUT2D eigenvalue weighted by atomic mass is 10.0. The number of aliphatic hydroxyl groups excluding tert-OH is 1. The molecule has 1 aromatic heterocycles. The van der Waals surface area contributed by atoms with Crippen molar-refractivity contribution in [3.8, 4) is 0 Å². The zero-order valence-corrected chi connectivity index (χ0v) is 12.8. The van der Waals surface area contributed by atoms with Crippen LogP contribution in [-0.2, 0) is 0 Å². The fraction of sp³-hybridized carbons (Fsp3) is 0.643. The number of hydrogen-bond donors (Lipinski definition) is 3. The Hall–Kier alpha value is -1.89. The SMILES string of the molecule is CCCNc1ccc([N+](=O)[O-])c(NC(CCO)C(C)C)n1. The third-order valence-corrected chi connectivity index (χ3v) is 3.19. The molecule has 1 heterocycles. The molecular weight excluding hydrogens is 272 g/mol. The Kier molecular flexibility index (Phi) is 6.87. The van der Waals surface area contributed by atoms with Crippen molar-refractivity contribution in [3.05, 3.63) is 22.2 Å². The van der Waals surface area contributed by atoms with E-state index in [2.05, 4.69) is 15.6 Å². The lowest BCUT2D eigenvalue weighted by Crippen LogP contribution is -2.27. The van der Waals surface area contributed by atoms with Crippen molar-refractivity contribution in [2.45, 2.75) is 39.7 Å². The van der Waals surface area contributed by atoms with Gasteiger partial charge in [-0.1, -0.05) is 20.8 Å². The summed E-state index contributed by atoms with van der Waals surface area (Å²) in [6.07, 6.45) is 1.46. The number of nitrogens with one attached hydrogen (secondary N) is 2. The molecule has 0 amide bonds. The smallest absolute Gasteiger partial charge is 0.311 e. The minimum absolute atomic E-state index is 0.0252. The van der Waals surface area contributed by atoms with Crippen LogP contribution in [0, 0.1) is 16.0 Å². The van der Waals surface area contributed by atoms with Crippen LogP contribution < -0.4 is 10.6 Å². The van der Waals surface area contributed by atoms with Crippen LogP contribution in [0.15, 0.2) is 12.1 Å². The number of rotatable bonds is 9. The maximum absolute atomic E-state index is 11.1. The molecule has 1 rings (SSSR count). The van der Waals surface area contributed by atoms with E-state index in [1.807, 2.05) is 20.8 Å². The summed E-state index contributed by atoms with van der Waals surface area (Å²) in [5.74, 6) is 1.08. The molecule has 7 heteroatoms. The average molecular weight is 296 g/mol. The molecule has 0 aliphatic rings. The highest BCUT2D eigenvalue weighted by molar-refractivity contribution is 5.60. The fourth-order valence-corrected chi connectivity index (χ4v) is 1.94. The second kappa shape index (κ2) is 8.41. The van der Waals surface area contributed by atoms with E-state index >= 15 is 0 Å². The van der Waals surface area contributed by atoms with Gasteiger partial charge in [0.2, 0.25) is 5.82 Å². The van der Waals surface area contributed by atoms with Gasteiger partial charge in [0, 0.05) is 25.3 Å². The summed E-state index contributed by atoms with van der Waals surface area (Å²) in [7, 11) is 0. The first-order valence-corrected chi connectivity index (χ1v) is 7.26. The molecule has 0 spiro atoms. The van der Waals surface area contributed by atoms with E-state index in [1.165, 1.54) is 6.07 Å². The van der Waals surface area contributed by atoms with Gasteiger partial charge in [0.15, 0.2) is 0 Å². The number of hydrogen-bond acceptors (Lipinski definition) is 6. The van der Waals surface area contributed by atoms with Crippen molar-refractivity contribution in [3.63, 3.8) is 0 Å². The van der Waals surface area contributed by atoms with Crippen LogP contribution in [0.3, 0.4) is 0 Å². The first kappa shape index (κ1) is 17.2. The van der Waals surface area contributed by atoms with Crippen molar-refractivity contribution in [1.82, 2.24) is 4.98 Å². The number of nitrogens with zero attached hydrogens (tertiary/aromatic N) is 2. The first-order valence-electron chi connectivity index (χ1n) is 7.26. The van der Waals surface area contributed by atoms with Crippen molar-refractivity contribution >= 4 is 17.3 Å². The molecule has 0 bridgehead atoms. The van der Waals surface area contributed by atoms with E-state index in [9.17, 15) is 10.1 Å². The van der Waals surface area contributed by atoms with Crippen molar-refractivity contribution in [2.75, 3.05) is 23.8 Å². The lowest BCUT2D eigenvalue weighted by molar-refractivity contribution is -0.384. The average Bonchev–Trinajstić information content (AvgIpc) is 2.44. The summed E-state index contributed by atoms with van der Waals surface area (Å²) < 4.78 is 0. The van der Waals surface area contributed by atoms with E-state index in [1.54, 1.807) is 6.07 Å². The van der Waals surface area contributed by atoms with Gasteiger partial charge in [0.05, 0.1) is 4.92 Å². The highest BCUT2D eigenvalue weighted by Crippen LogP contribution is 2.26. The molecule has 1 aromatic rings. The second-order valence-electron chi connectivity index (χ2n) is 5.26. The molecule has 0 fully saturated rings. The van der Waals surface area contributed by atoms with Crippen LogP contribution in [0.1, 0.15) is 33.6 Å². The molecule has 0 aliphatic carbocycles. The zero-order valence-electron chi connectivity index (χ0n) is 12.8. The van der Waals surface area contributed by atoms with Crippen LogP contribution in [0.2, 0.25) is 0 Å². The second-order valence-corrected chi connectivity index (χ2v) is 5.26. The van der Waals surface area contributed by atoms with E-state index in [-0.39, 0.29) is 30.1 Å². The van der Waals surface area contributed by atoms with E-state index in [0.29, 0.717) is 12.2 Å². The number of anilines is 2. The first-order chi connectivity index (χ1) is 9.99. The minimum atomic E-state index is -0.449. The molecule has 0 saturated heterocycles. The molecule has 7 nitrogen and oxygen atoms in total. The predicted molar refractivity (Wildman–Crippen MR) is 83.6 cm³/mol. The summed E-state index contributed by atoms with van der Waals surface area (Å²) in [5.41, 5.74) is -0.0550. The Morgan fingerprint density at radius 2 is 2.14 bits per heavy atom. The molecule has 1 atom stereocenters. The maximum Gasteiger partial charge on any atom is 0.311 e. The van der Waals surface area contributed by atoms with Gasteiger partial charge in [0.1, 0.15) is 5.82 Å². The van der Waals surface area contributed by atoms with Gasteiger partial charge in [-0.15, -0.1) is 0 Å². The fourth-order valence-electron chi connectivity index (χ4n) is 1.94. The lowest BCUT2D eigenvalue weighted by Gasteiger charge is -2.22. The summed E-state index contributed by atoms with van der Waals surface area (Å²) >= 11 is 0. The van der Waals surface area contributed by atoms with E-state index in [0.717, 1.165) is 13.0 Å². The molecule has 0 saturated carbocycles. The topological polar surface area (TPSA) is 100 Å². The largest absolute Gasteiger partial charge is 0.396 e. The number of nitro groups is 1. The molecule has 118 valence electrons. The Balaban J connectivity index is 3.01. The van der Waals surface area contributed by atoms with Gasteiger partial charge in [-0.05, 0) is 24.8 Å². The van der Waals surface area contributed by atoms with Crippen LogP contribution in [0.25, 0.3) is 0 Å². The van der Waals surface area contributed by atoms with E-state index in [4.69, 9.17) is 5.11 Å². The number of aromatic nitrogens is 1. The van der Waals surface area contributed by atoms with Gasteiger partial charge in [0.25, 0.3) is 0 Å². The predicted octanol–water partition coefficient (Wildman–Crippen LogP) is 2.63. The highest BCUT2D eigenvalue weighted by atomic mass is 16.6. The standard InChI is InChI=1S/C14H24N4O3/c1-4-8-15-13-6-5-12(18(20)21)14(17-13)16-11(7-9-19)10(2)3/h5-6,10-11,19H,4,7-9H2,1-3H3,(H2,15,16,17). The van der Waals surface area contributed by atoms with Crippen LogP contribution >= 0.6 is 0 Å². The monoisotopic (exact) mass is 296 g/mol. The van der Waals surface area contributed by atoms with Crippen molar-refractivity contribution in [2.24, 2.45) is 5.92 Å². The molecule has 0 aliphatic heterocycles. The Labute approximate surface area is 124 Å². The Bertz CT molecular complexity index is 466.